The lowest BCUT2D eigenvalue weighted by molar-refractivity contribution is -0.119. The maximum absolute atomic E-state index is 13.2. The van der Waals surface area contributed by atoms with Crippen molar-refractivity contribution in [1.29, 1.82) is 0 Å². The van der Waals surface area contributed by atoms with Crippen LogP contribution >= 0.6 is 0 Å². The highest BCUT2D eigenvalue weighted by molar-refractivity contribution is 5.94. The third-order valence-corrected chi connectivity index (χ3v) is 3.80. The number of piperidine rings is 1. The molecule has 0 aliphatic carbocycles. The number of rotatable bonds is 3. The first-order valence-corrected chi connectivity index (χ1v) is 6.81. The Morgan fingerprint density at radius 1 is 1.35 bits per heavy atom. The summed E-state index contributed by atoms with van der Waals surface area (Å²) in [5.74, 6) is -0.400. The molecule has 108 valence electrons. The fourth-order valence-electron chi connectivity index (χ4n) is 2.58. The summed E-state index contributed by atoms with van der Waals surface area (Å²) >= 11 is 0. The Balaban J connectivity index is 1.97. The van der Waals surface area contributed by atoms with Gasteiger partial charge in [-0.15, -0.1) is 0 Å². The Morgan fingerprint density at radius 2 is 2.00 bits per heavy atom. The van der Waals surface area contributed by atoms with E-state index in [2.05, 4.69) is 0 Å². The van der Waals surface area contributed by atoms with Crippen LogP contribution in [0.15, 0.2) is 18.2 Å². The summed E-state index contributed by atoms with van der Waals surface area (Å²) in [5, 5.41) is 0. The molecule has 0 atom stereocenters. The topological polar surface area (TPSA) is 63.4 Å². The van der Waals surface area contributed by atoms with Crippen molar-refractivity contribution in [1.82, 2.24) is 4.90 Å². The van der Waals surface area contributed by atoms with Crippen molar-refractivity contribution in [2.24, 2.45) is 11.7 Å². The number of nitrogens with two attached hydrogens (primary N) is 1. The van der Waals surface area contributed by atoms with Crippen molar-refractivity contribution in [3.63, 3.8) is 0 Å². The Kier molecular flexibility index (Phi) is 4.37. The molecular formula is C15H19FN2O2. The van der Waals surface area contributed by atoms with Crippen LogP contribution in [0.25, 0.3) is 0 Å². The zero-order valence-corrected chi connectivity index (χ0v) is 11.6. The molecule has 1 saturated heterocycles. The van der Waals surface area contributed by atoms with E-state index in [9.17, 15) is 14.0 Å². The number of amides is 2. The van der Waals surface area contributed by atoms with E-state index >= 15 is 0 Å². The molecule has 0 aromatic heterocycles. The van der Waals surface area contributed by atoms with Crippen LogP contribution in [0, 0.1) is 18.7 Å². The number of carbonyl (C=O) groups is 2. The summed E-state index contributed by atoms with van der Waals surface area (Å²) in [6.45, 7) is 2.88. The Bertz CT molecular complexity index is 523. The van der Waals surface area contributed by atoms with Crippen LogP contribution in [-0.4, -0.2) is 29.8 Å². The van der Waals surface area contributed by atoms with E-state index < -0.39 is 0 Å². The smallest absolute Gasteiger partial charge is 0.253 e. The molecule has 0 unspecified atom stereocenters. The summed E-state index contributed by atoms with van der Waals surface area (Å²) in [5.41, 5.74) is 6.17. The molecule has 0 spiro atoms. The van der Waals surface area contributed by atoms with Gasteiger partial charge in [0.15, 0.2) is 0 Å². The lowest BCUT2D eigenvalue weighted by atomic mass is 9.93. The average Bonchev–Trinajstić information content (AvgIpc) is 2.41. The minimum Gasteiger partial charge on any atom is -0.370 e. The highest BCUT2D eigenvalue weighted by Gasteiger charge is 2.24. The predicted octanol–water partition coefficient (Wildman–Crippen LogP) is 1.86. The number of hydrogen-bond donors (Lipinski definition) is 1. The number of likely N-dealkylation sites (tertiary alicyclic amines) is 1. The fraction of sp³-hybridized carbons (Fsp3) is 0.467. The van der Waals surface area contributed by atoms with Crippen LogP contribution in [0.4, 0.5) is 4.39 Å². The summed E-state index contributed by atoms with van der Waals surface area (Å²) in [7, 11) is 0. The number of aryl methyl sites for hydroxylation is 1. The standard InChI is InChI=1S/C15H19FN2O2/c1-10-8-12(2-3-13(10)16)15(20)18-6-4-11(5-7-18)9-14(17)19/h2-3,8,11H,4-7,9H2,1H3,(H2,17,19). The van der Waals surface area contributed by atoms with Crippen LogP contribution in [0.5, 0.6) is 0 Å². The molecular weight excluding hydrogens is 259 g/mol. The van der Waals surface area contributed by atoms with Gasteiger partial charge in [-0.1, -0.05) is 0 Å². The van der Waals surface area contributed by atoms with Gasteiger partial charge in [-0.2, -0.15) is 0 Å². The van der Waals surface area contributed by atoms with Crippen LogP contribution in [0.2, 0.25) is 0 Å². The van der Waals surface area contributed by atoms with Crippen LogP contribution in [0.1, 0.15) is 35.2 Å². The molecule has 1 aliphatic heterocycles. The first-order valence-electron chi connectivity index (χ1n) is 6.81. The maximum Gasteiger partial charge on any atom is 0.253 e. The Hall–Kier alpha value is -1.91. The average molecular weight is 278 g/mol. The summed E-state index contributed by atoms with van der Waals surface area (Å²) in [6.07, 6.45) is 1.96. The summed E-state index contributed by atoms with van der Waals surface area (Å²) < 4.78 is 13.2. The normalized spacial score (nSPS) is 16.2. The molecule has 2 amide bonds. The molecule has 1 heterocycles. The van der Waals surface area contributed by atoms with Crippen molar-refractivity contribution in [2.75, 3.05) is 13.1 Å². The Labute approximate surface area is 117 Å². The van der Waals surface area contributed by atoms with Crippen LogP contribution < -0.4 is 5.73 Å². The molecule has 2 rings (SSSR count). The maximum atomic E-state index is 13.2. The van der Waals surface area contributed by atoms with Gasteiger partial charge >= 0.3 is 0 Å². The SMILES string of the molecule is Cc1cc(C(=O)N2CCC(CC(N)=O)CC2)ccc1F. The third-order valence-electron chi connectivity index (χ3n) is 3.80. The first-order chi connectivity index (χ1) is 9.47. The highest BCUT2D eigenvalue weighted by atomic mass is 19.1. The molecule has 5 heteroatoms. The van der Waals surface area contributed by atoms with E-state index in [0.717, 1.165) is 12.8 Å². The molecule has 20 heavy (non-hydrogen) atoms. The monoisotopic (exact) mass is 278 g/mol. The van der Waals surface area contributed by atoms with Gasteiger partial charge in [-0.25, -0.2) is 4.39 Å². The van der Waals surface area contributed by atoms with E-state index in [1.165, 1.54) is 12.1 Å². The molecule has 1 aromatic rings. The number of benzene rings is 1. The van der Waals surface area contributed by atoms with Crippen molar-refractivity contribution in [3.05, 3.63) is 35.1 Å². The number of halogens is 1. The van der Waals surface area contributed by atoms with Gasteiger partial charge < -0.3 is 10.6 Å². The largest absolute Gasteiger partial charge is 0.370 e. The lowest BCUT2D eigenvalue weighted by Gasteiger charge is -2.31. The van der Waals surface area contributed by atoms with E-state index in [-0.39, 0.29) is 23.5 Å². The van der Waals surface area contributed by atoms with E-state index in [1.807, 2.05) is 0 Å². The van der Waals surface area contributed by atoms with Crippen molar-refractivity contribution < 1.29 is 14.0 Å². The van der Waals surface area contributed by atoms with Crippen molar-refractivity contribution in [2.45, 2.75) is 26.2 Å². The van der Waals surface area contributed by atoms with Gasteiger partial charge in [0.2, 0.25) is 5.91 Å². The second-order valence-corrected chi connectivity index (χ2v) is 5.37. The fourth-order valence-corrected chi connectivity index (χ4v) is 2.58. The Morgan fingerprint density at radius 3 is 2.55 bits per heavy atom. The highest BCUT2D eigenvalue weighted by Crippen LogP contribution is 2.22. The van der Waals surface area contributed by atoms with Gasteiger partial charge in [0.1, 0.15) is 5.82 Å². The summed E-state index contributed by atoms with van der Waals surface area (Å²) in [6, 6.07) is 4.41. The quantitative estimate of drug-likeness (QED) is 0.917. The minimum absolute atomic E-state index is 0.0781. The molecule has 1 aliphatic rings. The number of carbonyl (C=O) groups excluding carboxylic acids is 2. The molecule has 2 N–H and O–H groups in total. The van der Waals surface area contributed by atoms with Gasteiger partial charge in [0.05, 0.1) is 0 Å². The summed E-state index contributed by atoms with van der Waals surface area (Å²) in [4.78, 5) is 24.9. The second-order valence-electron chi connectivity index (χ2n) is 5.37. The molecule has 1 aromatic carbocycles. The third kappa shape index (κ3) is 3.35. The number of nitrogens with zero attached hydrogens (tertiary/aromatic N) is 1. The van der Waals surface area contributed by atoms with Crippen LogP contribution in [0.3, 0.4) is 0 Å². The minimum atomic E-state index is -0.304. The number of primary amides is 1. The molecule has 0 bridgehead atoms. The zero-order chi connectivity index (χ0) is 14.7. The van der Waals surface area contributed by atoms with Gasteiger partial charge in [-0.3, -0.25) is 9.59 Å². The van der Waals surface area contributed by atoms with Gasteiger partial charge in [0.25, 0.3) is 5.91 Å². The van der Waals surface area contributed by atoms with Crippen molar-refractivity contribution in [3.8, 4) is 0 Å². The van der Waals surface area contributed by atoms with Gasteiger partial charge in [-0.05, 0) is 49.4 Å². The predicted molar refractivity (Wildman–Crippen MR) is 73.6 cm³/mol. The zero-order valence-electron chi connectivity index (χ0n) is 11.6. The van der Waals surface area contributed by atoms with Gasteiger partial charge in [0, 0.05) is 25.1 Å². The second kappa shape index (κ2) is 6.03. The van der Waals surface area contributed by atoms with E-state index in [0.29, 0.717) is 30.6 Å². The lowest BCUT2D eigenvalue weighted by Crippen LogP contribution is -2.39. The number of hydrogen-bond acceptors (Lipinski definition) is 2. The first kappa shape index (κ1) is 14.5. The van der Waals surface area contributed by atoms with Crippen LogP contribution in [-0.2, 0) is 4.79 Å². The molecule has 4 nitrogen and oxygen atoms in total. The van der Waals surface area contributed by atoms with E-state index in [1.54, 1.807) is 17.9 Å². The molecule has 1 fully saturated rings. The van der Waals surface area contributed by atoms with Crippen molar-refractivity contribution >= 4 is 11.8 Å². The molecule has 0 saturated carbocycles. The van der Waals surface area contributed by atoms with E-state index in [4.69, 9.17) is 5.73 Å². The molecule has 0 radical (unpaired) electrons.